The van der Waals surface area contributed by atoms with Crippen molar-refractivity contribution in [1.29, 1.82) is 0 Å². The number of benzene rings is 1. The van der Waals surface area contributed by atoms with Crippen molar-refractivity contribution in [2.24, 2.45) is 0 Å². The lowest BCUT2D eigenvalue weighted by Crippen LogP contribution is -2.27. The van der Waals surface area contributed by atoms with E-state index in [-0.39, 0.29) is 5.69 Å². The van der Waals surface area contributed by atoms with Gasteiger partial charge in [-0.05, 0) is 30.3 Å². The molecule has 2 aromatic rings. The molecule has 1 heterocycles. The van der Waals surface area contributed by atoms with Crippen LogP contribution in [0.15, 0.2) is 42.6 Å². The molecule has 110 valence electrons. The lowest BCUT2D eigenvalue weighted by atomic mass is 10.2. The smallest absolute Gasteiger partial charge is 0.399 e. The van der Waals surface area contributed by atoms with Gasteiger partial charge in [0.1, 0.15) is 5.69 Å². The Hall–Kier alpha value is -2.57. The van der Waals surface area contributed by atoms with E-state index in [1.54, 1.807) is 24.3 Å². The number of amides is 1. The molecule has 0 atom stereocenters. The summed E-state index contributed by atoms with van der Waals surface area (Å²) in [6.45, 7) is 0. The van der Waals surface area contributed by atoms with Gasteiger partial charge in [0.2, 0.25) is 0 Å². The molecule has 2 rings (SSSR count). The SMILES string of the molecule is CN(C(=O)c1ccc(C(F)(F)F)cn1)c1cccc(N)c1. The number of hydrogen-bond acceptors (Lipinski definition) is 3. The van der Waals surface area contributed by atoms with E-state index < -0.39 is 17.6 Å². The zero-order valence-corrected chi connectivity index (χ0v) is 11.1. The molecule has 4 nitrogen and oxygen atoms in total. The summed E-state index contributed by atoms with van der Waals surface area (Å²) < 4.78 is 37.3. The van der Waals surface area contributed by atoms with Gasteiger partial charge >= 0.3 is 6.18 Å². The van der Waals surface area contributed by atoms with Gasteiger partial charge in [0.15, 0.2) is 0 Å². The Labute approximate surface area is 119 Å². The summed E-state index contributed by atoms with van der Waals surface area (Å²) in [6, 6.07) is 8.47. The van der Waals surface area contributed by atoms with E-state index in [9.17, 15) is 18.0 Å². The highest BCUT2D eigenvalue weighted by Crippen LogP contribution is 2.28. The molecule has 1 aromatic heterocycles. The van der Waals surface area contributed by atoms with Gasteiger partial charge < -0.3 is 10.6 Å². The highest BCUT2D eigenvalue weighted by Gasteiger charge is 2.31. The number of anilines is 2. The lowest BCUT2D eigenvalue weighted by Gasteiger charge is -2.17. The third kappa shape index (κ3) is 3.31. The van der Waals surface area contributed by atoms with Crippen molar-refractivity contribution in [1.82, 2.24) is 4.98 Å². The van der Waals surface area contributed by atoms with Crippen LogP contribution in [0.4, 0.5) is 24.5 Å². The molecule has 0 bridgehead atoms. The minimum absolute atomic E-state index is 0.0760. The molecule has 0 spiro atoms. The second-order valence-corrected chi connectivity index (χ2v) is 4.39. The minimum Gasteiger partial charge on any atom is -0.399 e. The first-order valence-corrected chi connectivity index (χ1v) is 5.96. The molecule has 1 aromatic carbocycles. The lowest BCUT2D eigenvalue weighted by molar-refractivity contribution is -0.137. The second kappa shape index (κ2) is 5.43. The van der Waals surface area contributed by atoms with Crippen LogP contribution in [-0.4, -0.2) is 17.9 Å². The number of carbonyl (C=O) groups excluding carboxylic acids is 1. The van der Waals surface area contributed by atoms with E-state index >= 15 is 0 Å². The zero-order valence-electron chi connectivity index (χ0n) is 11.1. The predicted octanol–water partition coefficient (Wildman–Crippen LogP) is 2.96. The van der Waals surface area contributed by atoms with E-state index in [0.717, 1.165) is 12.1 Å². The van der Waals surface area contributed by atoms with Crippen LogP contribution >= 0.6 is 0 Å². The molecule has 7 heteroatoms. The molecule has 1 amide bonds. The van der Waals surface area contributed by atoms with Crippen molar-refractivity contribution in [3.05, 3.63) is 53.9 Å². The quantitative estimate of drug-likeness (QED) is 0.867. The first-order chi connectivity index (χ1) is 9.79. The first-order valence-electron chi connectivity index (χ1n) is 5.96. The maximum absolute atomic E-state index is 12.4. The second-order valence-electron chi connectivity index (χ2n) is 4.39. The van der Waals surface area contributed by atoms with Crippen molar-refractivity contribution >= 4 is 17.3 Å². The summed E-state index contributed by atoms with van der Waals surface area (Å²) in [6.07, 6.45) is -3.84. The first kappa shape index (κ1) is 14.8. The fourth-order valence-electron chi connectivity index (χ4n) is 1.71. The van der Waals surface area contributed by atoms with Crippen LogP contribution in [0.25, 0.3) is 0 Å². The third-order valence-corrected chi connectivity index (χ3v) is 2.87. The van der Waals surface area contributed by atoms with Crippen molar-refractivity contribution in [3.8, 4) is 0 Å². The van der Waals surface area contributed by atoms with E-state index in [4.69, 9.17) is 5.73 Å². The van der Waals surface area contributed by atoms with Gasteiger partial charge in [-0.15, -0.1) is 0 Å². The van der Waals surface area contributed by atoms with Gasteiger partial charge in [0.05, 0.1) is 5.56 Å². The molecule has 0 aliphatic rings. The number of carbonyl (C=O) groups is 1. The summed E-state index contributed by atoms with van der Waals surface area (Å²) in [5.41, 5.74) is 5.66. The summed E-state index contributed by atoms with van der Waals surface area (Å²) in [4.78, 5) is 17.0. The van der Waals surface area contributed by atoms with Crippen molar-refractivity contribution in [2.45, 2.75) is 6.18 Å². The van der Waals surface area contributed by atoms with Gasteiger partial charge in [-0.25, -0.2) is 0 Å². The molecule has 21 heavy (non-hydrogen) atoms. The average Bonchev–Trinajstić information content (AvgIpc) is 2.45. The maximum Gasteiger partial charge on any atom is 0.417 e. The maximum atomic E-state index is 12.4. The van der Waals surface area contributed by atoms with Gasteiger partial charge in [-0.1, -0.05) is 6.07 Å². The van der Waals surface area contributed by atoms with Gasteiger partial charge in [0.25, 0.3) is 5.91 Å². The average molecular weight is 295 g/mol. The Kier molecular flexibility index (Phi) is 3.84. The Balaban J connectivity index is 2.24. The number of hydrogen-bond donors (Lipinski definition) is 1. The summed E-state index contributed by atoms with van der Waals surface area (Å²) in [5, 5.41) is 0. The van der Waals surface area contributed by atoms with Crippen LogP contribution in [-0.2, 0) is 6.18 Å². The highest BCUT2D eigenvalue weighted by molar-refractivity contribution is 6.04. The summed E-state index contributed by atoms with van der Waals surface area (Å²) in [5.74, 6) is -0.519. The molecule has 0 saturated carbocycles. The van der Waals surface area contributed by atoms with Crippen LogP contribution in [0.1, 0.15) is 16.1 Å². The van der Waals surface area contributed by atoms with Crippen molar-refractivity contribution in [3.63, 3.8) is 0 Å². The molecule has 0 aliphatic carbocycles. The number of alkyl halides is 3. The molecule has 0 unspecified atom stereocenters. The molecular formula is C14H12F3N3O. The van der Waals surface area contributed by atoms with E-state index in [1.165, 1.54) is 11.9 Å². The molecule has 2 N–H and O–H groups in total. The Morgan fingerprint density at radius 2 is 1.95 bits per heavy atom. The number of halogens is 3. The third-order valence-electron chi connectivity index (χ3n) is 2.87. The fraction of sp³-hybridized carbons (Fsp3) is 0.143. The predicted molar refractivity (Wildman–Crippen MR) is 72.8 cm³/mol. The number of pyridine rings is 1. The molecule has 0 saturated heterocycles. The largest absolute Gasteiger partial charge is 0.417 e. The monoisotopic (exact) mass is 295 g/mol. The van der Waals surface area contributed by atoms with E-state index in [1.807, 2.05) is 0 Å². The van der Waals surface area contributed by atoms with Crippen LogP contribution in [0.3, 0.4) is 0 Å². The number of nitrogen functional groups attached to an aromatic ring is 1. The minimum atomic E-state index is -4.48. The van der Waals surface area contributed by atoms with E-state index in [2.05, 4.69) is 4.98 Å². The zero-order chi connectivity index (χ0) is 15.6. The number of nitrogens with two attached hydrogens (primary N) is 1. The van der Waals surface area contributed by atoms with Crippen molar-refractivity contribution < 1.29 is 18.0 Å². The number of rotatable bonds is 2. The fourth-order valence-corrected chi connectivity index (χ4v) is 1.71. The highest BCUT2D eigenvalue weighted by atomic mass is 19.4. The standard InChI is InChI=1S/C14H12F3N3O/c1-20(11-4-2-3-10(18)7-11)13(21)12-6-5-9(8-19-12)14(15,16)17/h2-8H,18H2,1H3. The Morgan fingerprint density at radius 1 is 1.24 bits per heavy atom. The van der Waals surface area contributed by atoms with Crippen LogP contribution in [0, 0.1) is 0 Å². The summed E-state index contributed by atoms with van der Waals surface area (Å²) in [7, 11) is 1.50. The van der Waals surface area contributed by atoms with Crippen molar-refractivity contribution in [2.75, 3.05) is 17.7 Å². The van der Waals surface area contributed by atoms with Gasteiger partial charge in [-0.3, -0.25) is 9.78 Å². The van der Waals surface area contributed by atoms with Crippen LogP contribution in [0.5, 0.6) is 0 Å². The normalized spacial score (nSPS) is 11.2. The summed E-state index contributed by atoms with van der Waals surface area (Å²) >= 11 is 0. The van der Waals surface area contributed by atoms with Crippen LogP contribution in [0.2, 0.25) is 0 Å². The number of nitrogens with zero attached hydrogens (tertiary/aromatic N) is 2. The topological polar surface area (TPSA) is 59.2 Å². The molecule has 0 radical (unpaired) electrons. The Bertz CT molecular complexity index is 653. The molecule has 0 aliphatic heterocycles. The molecule has 0 fully saturated rings. The number of aromatic nitrogens is 1. The Morgan fingerprint density at radius 3 is 2.48 bits per heavy atom. The van der Waals surface area contributed by atoms with Gasteiger partial charge in [-0.2, -0.15) is 13.2 Å². The van der Waals surface area contributed by atoms with E-state index in [0.29, 0.717) is 17.6 Å². The molecular weight excluding hydrogens is 283 g/mol. The van der Waals surface area contributed by atoms with Gasteiger partial charge in [0, 0.05) is 24.6 Å². The van der Waals surface area contributed by atoms with Crippen LogP contribution < -0.4 is 10.6 Å².